The molecule has 1 aromatic carbocycles. The number of nitrogen functional groups attached to an aromatic ring is 1. The Balaban J connectivity index is 2.43. The lowest BCUT2D eigenvalue weighted by Gasteiger charge is -2.03. The van der Waals surface area contributed by atoms with Crippen LogP contribution in [0.2, 0.25) is 0 Å². The number of thiophene rings is 1. The second kappa shape index (κ2) is 5.88. The van der Waals surface area contributed by atoms with Crippen LogP contribution in [0, 0.1) is 6.92 Å². The first-order valence-corrected chi connectivity index (χ1v) is 7.03. The molecule has 0 radical (unpaired) electrons. The Hall–Kier alpha value is -2.14. The van der Waals surface area contributed by atoms with E-state index >= 15 is 0 Å². The lowest BCUT2D eigenvalue weighted by Crippen LogP contribution is -2.07. The highest BCUT2D eigenvalue weighted by Crippen LogP contribution is 2.32. The van der Waals surface area contributed by atoms with E-state index in [1.165, 1.54) is 0 Å². The molecule has 2 N–H and O–H groups in total. The minimum Gasteiger partial charge on any atom is -0.462 e. The Morgan fingerprint density at radius 2 is 1.90 bits per heavy atom. The second-order valence-electron chi connectivity index (χ2n) is 4.21. The van der Waals surface area contributed by atoms with E-state index in [1.807, 2.05) is 6.07 Å². The number of ether oxygens (including phenoxy) is 1. The number of carbonyl (C=O) groups is 2. The maximum absolute atomic E-state index is 12.5. The minimum atomic E-state index is -0.436. The van der Waals surface area contributed by atoms with Crippen molar-refractivity contribution in [1.29, 1.82) is 0 Å². The summed E-state index contributed by atoms with van der Waals surface area (Å²) in [6.45, 7) is 3.74. The van der Waals surface area contributed by atoms with Crippen molar-refractivity contribution in [1.82, 2.24) is 0 Å². The summed E-state index contributed by atoms with van der Waals surface area (Å²) in [5.41, 5.74) is 7.43. The summed E-state index contributed by atoms with van der Waals surface area (Å²) in [7, 11) is 0. The maximum atomic E-state index is 12.5. The normalized spacial score (nSPS) is 10.3. The van der Waals surface area contributed by atoms with Crippen molar-refractivity contribution in [2.75, 3.05) is 12.3 Å². The number of hydrogen-bond acceptors (Lipinski definition) is 5. The largest absolute Gasteiger partial charge is 0.462 e. The van der Waals surface area contributed by atoms with Crippen molar-refractivity contribution in [2.24, 2.45) is 0 Å². The minimum absolute atomic E-state index is 0.174. The van der Waals surface area contributed by atoms with Crippen molar-refractivity contribution in [3.63, 3.8) is 0 Å². The molecule has 0 fully saturated rings. The Bertz CT molecular complexity index is 647. The Morgan fingerprint density at radius 1 is 1.25 bits per heavy atom. The summed E-state index contributed by atoms with van der Waals surface area (Å²) >= 11 is 1.09. The lowest BCUT2D eigenvalue weighted by molar-refractivity contribution is 0.0531. The van der Waals surface area contributed by atoms with Crippen molar-refractivity contribution in [3.8, 4) is 0 Å². The molecule has 2 aromatic rings. The lowest BCUT2D eigenvalue weighted by atomic mass is 10.0. The van der Waals surface area contributed by atoms with Crippen LogP contribution in [0.4, 0.5) is 5.00 Å². The fourth-order valence-electron chi connectivity index (χ4n) is 1.94. The highest BCUT2D eigenvalue weighted by atomic mass is 32.1. The van der Waals surface area contributed by atoms with E-state index < -0.39 is 5.97 Å². The van der Waals surface area contributed by atoms with Gasteiger partial charge in [-0.05, 0) is 19.4 Å². The fourth-order valence-corrected chi connectivity index (χ4v) is 2.91. The number of ketones is 1. The zero-order valence-corrected chi connectivity index (χ0v) is 12.1. The molecule has 2 rings (SSSR count). The first-order chi connectivity index (χ1) is 9.56. The first-order valence-electron chi connectivity index (χ1n) is 6.22. The Labute approximate surface area is 121 Å². The summed E-state index contributed by atoms with van der Waals surface area (Å²) in [4.78, 5) is 24.7. The van der Waals surface area contributed by atoms with Crippen LogP contribution >= 0.6 is 11.3 Å². The molecule has 5 heteroatoms. The third kappa shape index (κ3) is 2.58. The molecule has 104 valence electrons. The predicted octanol–water partition coefficient (Wildman–Crippen LogP) is 3.05. The van der Waals surface area contributed by atoms with E-state index in [-0.39, 0.29) is 12.4 Å². The molecule has 0 saturated heterocycles. The molecule has 0 aliphatic carbocycles. The van der Waals surface area contributed by atoms with Crippen LogP contribution in [0.5, 0.6) is 0 Å². The molecule has 0 aliphatic heterocycles. The van der Waals surface area contributed by atoms with E-state index in [0.29, 0.717) is 26.6 Å². The Morgan fingerprint density at radius 3 is 2.50 bits per heavy atom. The SMILES string of the molecule is CCOC(=O)c1sc(N)c(C(=O)c2ccccc2)c1C. The van der Waals surface area contributed by atoms with Crippen molar-refractivity contribution in [2.45, 2.75) is 13.8 Å². The maximum Gasteiger partial charge on any atom is 0.348 e. The van der Waals surface area contributed by atoms with Gasteiger partial charge in [-0.2, -0.15) is 0 Å². The van der Waals surface area contributed by atoms with Gasteiger partial charge < -0.3 is 10.5 Å². The summed E-state index contributed by atoms with van der Waals surface area (Å²) < 4.78 is 4.97. The molecule has 1 aromatic heterocycles. The van der Waals surface area contributed by atoms with Gasteiger partial charge in [-0.1, -0.05) is 30.3 Å². The summed E-state index contributed by atoms with van der Waals surface area (Å²) in [5.74, 6) is -0.610. The number of esters is 1. The zero-order chi connectivity index (χ0) is 14.7. The van der Waals surface area contributed by atoms with Gasteiger partial charge in [0, 0.05) is 5.56 Å². The van der Waals surface area contributed by atoms with Gasteiger partial charge in [-0.25, -0.2) is 4.79 Å². The van der Waals surface area contributed by atoms with Gasteiger partial charge in [0.2, 0.25) is 0 Å². The molecule has 20 heavy (non-hydrogen) atoms. The molecular formula is C15H15NO3S. The van der Waals surface area contributed by atoms with Crippen molar-refractivity contribution < 1.29 is 14.3 Å². The zero-order valence-electron chi connectivity index (χ0n) is 11.3. The summed E-state index contributed by atoms with van der Waals surface area (Å²) in [6, 6.07) is 8.87. The third-order valence-corrected chi connectivity index (χ3v) is 4.00. The molecule has 1 heterocycles. The van der Waals surface area contributed by atoms with Gasteiger partial charge >= 0.3 is 5.97 Å². The predicted molar refractivity (Wildman–Crippen MR) is 79.3 cm³/mol. The van der Waals surface area contributed by atoms with E-state index in [0.717, 1.165) is 11.3 Å². The highest BCUT2D eigenvalue weighted by molar-refractivity contribution is 7.18. The monoisotopic (exact) mass is 289 g/mol. The number of rotatable bonds is 4. The molecule has 0 saturated carbocycles. The smallest absolute Gasteiger partial charge is 0.348 e. The average molecular weight is 289 g/mol. The van der Waals surface area contributed by atoms with Crippen molar-refractivity contribution in [3.05, 3.63) is 51.9 Å². The number of anilines is 1. The molecule has 0 bridgehead atoms. The molecule has 0 aliphatic rings. The van der Waals surface area contributed by atoms with Crippen LogP contribution in [0.15, 0.2) is 30.3 Å². The third-order valence-electron chi connectivity index (χ3n) is 2.90. The summed E-state index contributed by atoms with van der Waals surface area (Å²) in [6.07, 6.45) is 0. The van der Waals surface area contributed by atoms with Crippen LogP contribution in [0.3, 0.4) is 0 Å². The molecular weight excluding hydrogens is 274 g/mol. The molecule has 0 amide bonds. The van der Waals surface area contributed by atoms with Crippen molar-refractivity contribution >= 4 is 28.1 Å². The van der Waals surface area contributed by atoms with Gasteiger partial charge in [0.05, 0.1) is 17.2 Å². The van der Waals surface area contributed by atoms with Gasteiger partial charge in [0.15, 0.2) is 5.78 Å². The van der Waals surface area contributed by atoms with Crippen LogP contribution < -0.4 is 5.73 Å². The number of nitrogens with two attached hydrogens (primary N) is 1. The second-order valence-corrected chi connectivity index (χ2v) is 5.26. The first kappa shape index (κ1) is 14.3. The van der Waals surface area contributed by atoms with Gasteiger partial charge in [0.1, 0.15) is 4.88 Å². The topological polar surface area (TPSA) is 69.4 Å². The molecule has 0 unspecified atom stereocenters. The quantitative estimate of drug-likeness (QED) is 0.693. The molecule has 4 nitrogen and oxygen atoms in total. The van der Waals surface area contributed by atoms with Gasteiger partial charge in [0.25, 0.3) is 0 Å². The van der Waals surface area contributed by atoms with E-state index in [1.54, 1.807) is 38.1 Å². The number of carbonyl (C=O) groups excluding carboxylic acids is 2. The van der Waals surface area contributed by atoms with E-state index in [9.17, 15) is 9.59 Å². The Kier molecular flexibility index (Phi) is 4.20. The standard InChI is InChI=1S/C15H15NO3S/c1-3-19-15(18)13-9(2)11(14(16)20-13)12(17)10-7-5-4-6-8-10/h4-8H,3,16H2,1-2H3. The summed E-state index contributed by atoms with van der Waals surface area (Å²) in [5, 5.41) is 0.347. The van der Waals surface area contributed by atoms with E-state index in [4.69, 9.17) is 10.5 Å². The van der Waals surface area contributed by atoms with Crippen LogP contribution in [-0.4, -0.2) is 18.4 Å². The molecule has 0 atom stereocenters. The van der Waals surface area contributed by atoms with Crippen LogP contribution in [0.25, 0.3) is 0 Å². The molecule has 0 spiro atoms. The van der Waals surface area contributed by atoms with Gasteiger partial charge in [-0.15, -0.1) is 11.3 Å². The van der Waals surface area contributed by atoms with Gasteiger partial charge in [-0.3, -0.25) is 4.79 Å². The van der Waals surface area contributed by atoms with Crippen LogP contribution in [0.1, 0.15) is 38.1 Å². The highest BCUT2D eigenvalue weighted by Gasteiger charge is 2.24. The van der Waals surface area contributed by atoms with E-state index in [2.05, 4.69) is 0 Å². The number of hydrogen-bond donors (Lipinski definition) is 1. The fraction of sp³-hybridized carbons (Fsp3) is 0.200. The van der Waals surface area contributed by atoms with Crippen LogP contribution in [-0.2, 0) is 4.74 Å². The number of benzene rings is 1. The average Bonchev–Trinajstić information content (AvgIpc) is 2.75.